The molecule has 0 radical (unpaired) electrons. The summed E-state index contributed by atoms with van der Waals surface area (Å²) in [4.78, 5) is 16.1. The van der Waals surface area contributed by atoms with Gasteiger partial charge in [-0.3, -0.25) is 0 Å². The van der Waals surface area contributed by atoms with Gasteiger partial charge in [-0.1, -0.05) is 6.07 Å². The Hall–Kier alpha value is -3.55. The van der Waals surface area contributed by atoms with Gasteiger partial charge in [-0.25, -0.2) is 13.6 Å². The summed E-state index contributed by atoms with van der Waals surface area (Å²) in [5.41, 5.74) is 5.34. The molecule has 6 nitrogen and oxygen atoms in total. The van der Waals surface area contributed by atoms with Gasteiger partial charge in [0.1, 0.15) is 11.6 Å². The maximum absolute atomic E-state index is 13.8. The molecule has 32 heavy (non-hydrogen) atoms. The number of rotatable bonds is 3. The van der Waals surface area contributed by atoms with Crippen molar-refractivity contribution in [1.29, 1.82) is 0 Å². The van der Waals surface area contributed by atoms with E-state index in [9.17, 15) is 13.6 Å². The number of piperazine rings is 1. The molecule has 1 fully saturated rings. The van der Waals surface area contributed by atoms with Crippen molar-refractivity contribution >= 4 is 17.5 Å². The van der Waals surface area contributed by atoms with Gasteiger partial charge in [0.05, 0.1) is 11.4 Å². The van der Waals surface area contributed by atoms with Crippen molar-refractivity contribution < 1.29 is 13.6 Å². The van der Waals surface area contributed by atoms with Crippen LogP contribution in [0.25, 0.3) is 11.3 Å². The fraction of sp³-hybridized carbons (Fsp3) is 0.292. The van der Waals surface area contributed by atoms with Crippen molar-refractivity contribution in [2.75, 3.05) is 36.4 Å². The van der Waals surface area contributed by atoms with Gasteiger partial charge in [0.2, 0.25) is 0 Å². The number of aromatic nitrogens is 2. The van der Waals surface area contributed by atoms with Gasteiger partial charge in [0.15, 0.2) is 5.82 Å². The number of carbonyl (C=O) groups is 1. The topological polar surface area (TPSA) is 61.4 Å². The number of carbonyl (C=O) groups excluding carboxylic acids is 1. The lowest BCUT2D eigenvalue weighted by atomic mass is 9.99. The SMILES string of the molecule is Cc1cc(C)c(-c2ccc(N3CCN(C(=O)Nc4cc(F)ccc4F)CC3)nn2)cc1C. The van der Waals surface area contributed by atoms with Crippen LogP contribution in [0, 0.1) is 32.4 Å². The average molecular weight is 437 g/mol. The van der Waals surface area contributed by atoms with Crippen LogP contribution in [0.5, 0.6) is 0 Å². The standard InChI is InChI=1S/C24H25F2N5O/c1-15-12-17(3)19(13-16(15)2)21-6-7-23(29-28-21)30-8-10-31(11-9-30)24(32)27-22-14-18(25)4-5-20(22)26/h4-7,12-14H,8-11H2,1-3H3,(H,27,32). The Morgan fingerprint density at radius 1 is 0.875 bits per heavy atom. The van der Waals surface area contributed by atoms with Crippen molar-refractivity contribution in [3.8, 4) is 11.3 Å². The van der Waals surface area contributed by atoms with Crippen LogP contribution in [0.4, 0.5) is 25.1 Å². The highest BCUT2D eigenvalue weighted by atomic mass is 19.1. The van der Waals surface area contributed by atoms with E-state index in [1.165, 1.54) is 11.1 Å². The minimum absolute atomic E-state index is 0.166. The van der Waals surface area contributed by atoms with Crippen molar-refractivity contribution in [2.45, 2.75) is 20.8 Å². The average Bonchev–Trinajstić information content (AvgIpc) is 2.79. The molecule has 0 saturated carbocycles. The van der Waals surface area contributed by atoms with E-state index in [0.29, 0.717) is 26.2 Å². The molecule has 0 atom stereocenters. The number of hydrogen-bond donors (Lipinski definition) is 1. The Balaban J connectivity index is 1.38. The Labute approximate surface area is 185 Å². The van der Waals surface area contributed by atoms with Crippen LogP contribution in [-0.4, -0.2) is 47.3 Å². The van der Waals surface area contributed by atoms with Crippen molar-refractivity contribution in [3.05, 3.63) is 70.8 Å². The molecular formula is C24H25F2N5O. The zero-order valence-electron chi connectivity index (χ0n) is 18.3. The molecule has 0 unspecified atom stereocenters. The van der Waals surface area contributed by atoms with E-state index in [1.807, 2.05) is 12.1 Å². The lowest BCUT2D eigenvalue weighted by molar-refractivity contribution is 0.208. The van der Waals surface area contributed by atoms with Crippen LogP contribution < -0.4 is 10.2 Å². The van der Waals surface area contributed by atoms with Crippen molar-refractivity contribution in [3.63, 3.8) is 0 Å². The van der Waals surface area contributed by atoms with Crippen LogP contribution >= 0.6 is 0 Å². The first-order chi connectivity index (χ1) is 15.3. The molecule has 1 aliphatic heterocycles. The molecule has 3 aromatic rings. The number of aryl methyl sites for hydroxylation is 3. The molecule has 2 aromatic carbocycles. The molecule has 0 aliphatic carbocycles. The number of amides is 2. The van der Waals surface area contributed by atoms with E-state index in [2.05, 4.69) is 53.3 Å². The van der Waals surface area contributed by atoms with Gasteiger partial charge in [0, 0.05) is 37.8 Å². The number of nitrogens with zero attached hydrogens (tertiary/aromatic N) is 4. The summed E-state index contributed by atoms with van der Waals surface area (Å²) >= 11 is 0. The minimum atomic E-state index is -0.673. The molecule has 1 saturated heterocycles. The quantitative estimate of drug-likeness (QED) is 0.645. The number of halogens is 2. The predicted molar refractivity (Wildman–Crippen MR) is 121 cm³/mol. The van der Waals surface area contributed by atoms with Crippen molar-refractivity contribution in [2.24, 2.45) is 0 Å². The highest BCUT2D eigenvalue weighted by Crippen LogP contribution is 2.26. The Morgan fingerprint density at radius 3 is 2.28 bits per heavy atom. The second kappa shape index (κ2) is 8.90. The summed E-state index contributed by atoms with van der Waals surface area (Å²) < 4.78 is 27.1. The van der Waals surface area contributed by atoms with E-state index in [1.54, 1.807) is 4.90 Å². The zero-order chi connectivity index (χ0) is 22.8. The first kappa shape index (κ1) is 21.7. The first-order valence-electron chi connectivity index (χ1n) is 10.5. The van der Waals surface area contributed by atoms with Crippen LogP contribution in [0.2, 0.25) is 0 Å². The van der Waals surface area contributed by atoms with Gasteiger partial charge < -0.3 is 15.1 Å². The Morgan fingerprint density at radius 2 is 1.59 bits per heavy atom. The maximum Gasteiger partial charge on any atom is 0.322 e. The highest BCUT2D eigenvalue weighted by molar-refractivity contribution is 5.89. The number of nitrogens with one attached hydrogen (secondary N) is 1. The summed E-state index contributed by atoms with van der Waals surface area (Å²) in [6.07, 6.45) is 0. The van der Waals surface area contributed by atoms with E-state index >= 15 is 0 Å². The molecule has 1 aliphatic rings. The Kier molecular flexibility index (Phi) is 6.03. The summed E-state index contributed by atoms with van der Waals surface area (Å²) in [7, 11) is 0. The molecule has 4 rings (SSSR count). The third kappa shape index (κ3) is 4.54. The van der Waals surface area contributed by atoms with Crippen LogP contribution in [0.3, 0.4) is 0 Å². The molecule has 0 spiro atoms. The van der Waals surface area contributed by atoms with Gasteiger partial charge >= 0.3 is 6.03 Å². The molecule has 1 aromatic heterocycles. The molecule has 2 amide bonds. The number of urea groups is 1. The summed E-state index contributed by atoms with van der Waals surface area (Å²) in [5, 5.41) is 11.3. The molecular weight excluding hydrogens is 412 g/mol. The number of benzene rings is 2. The number of anilines is 2. The van der Waals surface area contributed by atoms with Crippen molar-refractivity contribution in [1.82, 2.24) is 15.1 Å². The molecule has 166 valence electrons. The van der Waals surface area contributed by atoms with Gasteiger partial charge in [0.25, 0.3) is 0 Å². The predicted octanol–water partition coefficient (Wildman–Crippen LogP) is 4.70. The third-order valence-corrected chi connectivity index (χ3v) is 5.83. The van der Waals surface area contributed by atoms with Crippen LogP contribution in [0.15, 0.2) is 42.5 Å². The smallest absolute Gasteiger partial charge is 0.322 e. The fourth-order valence-corrected chi connectivity index (χ4v) is 3.80. The normalized spacial score (nSPS) is 13.9. The largest absolute Gasteiger partial charge is 0.352 e. The van der Waals surface area contributed by atoms with Crippen LogP contribution in [-0.2, 0) is 0 Å². The van der Waals surface area contributed by atoms with Gasteiger partial charge in [-0.15, -0.1) is 10.2 Å². The van der Waals surface area contributed by atoms with E-state index in [0.717, 1.165) is 40.8 Å². The molecule has 8 heteroatoms. The first-order valence-corrected chi connectivity index (χ1v) is 10.5. The third-order valence-electron chi connectivity index (χ3n) is 5.83. The van der Waals surface area contributed by atoms with E-state index < -0.39 is 17.7 Å². The zero-order valence-corrected chi connectivity index (χ0v) is 18.3. The van der Waals surface area contributed by atoms with Gasteiger partial charge in [-0.2, -0.15) is 0 Å². The second-order valence-corrected chi connectivity index (χ2v) is 8.06. The summed E-state index contributed by atoms with van der Waals surface area (Å²) in [6.45, 7) is 8.24. The lowest BCUT2D eigenvalue weighted by Crippen LogP contribution is -2.50. The fourth-order valence-electron chi connectivity index (χ4n) is 3.80. The summed E-state index contributed by atoms with van der Waals surface area (Å²) in [5.74, 6) is -0.538. The summed E-state index contributed by atoms with van der Waals surface area (Å²) in [6, 6.07) is 10.7. The molecule has 1 N–H and O–H groups in total. The van der Waals surface area contributed by atoms with E-state index in [-0.39, 0.29) is 5.69 Å². The molecule has 0 bridgehead atoms. The van der Waals surface area contributed by atoms with Gasteiger partial charge in [-0.05, 0) is 67.8 Å². The van der Waals surface area contributed by atoms with E-state index in [4.69, 9.17) is 0 Å². The second-order valence-electron chi connectivity index (χ2n) is 8.06. The Bertz CT molecular complexity index is 1140. The maximum atomic E-state index is 13.8. The highest BCUT2D eigenvalue weighted by Gasteiger charge is 2.23. The monoisotopic (exact) mass is 437 g/mol. The lowest BCUT2D eigenvalue weighted by Gasteiger charge is -2.35. The number of hydrogen-bond acceptors (Lipinski definition) is 4. The van der Waals surface area contributed by atoms with Crippen LogP contribution in [0.1, 0.15) is 16.7 Å². The molecule has 2 heterocycles. The minimum Gasteiger partial charge on any atom is -0.352 e.